The Kier molecular flexibility index (Phi) is 7.63. The van der Waals surface area contributed by atoms with Crippen molar-refractivity contribution in [3.8, 4) is 16.9 Å². The van der Waals surface area contributed by atoms with Gasteiger partial charge in [-0.15, -0.1) is 0 Å². The summed E-state index contributed by atoms with van der Waals surface area (Å²) in [6, 6.07) is 8.58. The SMILES string of the molecule is CC(=O)Nc1cc(-c2ccc(OCC(CC(C)C)NC(=O)O)c(Cl)c2)ccn1. The van der Waals surface area contributed by atoms with Crippen LogP contribution < -0.4 is 15.4 Å². The number of anilines is 1. The number of nitrogens with one attached hydrogen (secondary N) is 2. The van der Waals surface area contributed by atoms with E-state index < -0.39 is 6.09 Å². The molecule has 0 saturated heterocycles. The van der Waals surface area contributed by atoms with E-state index >= 15 is 0 Å². The van der Waals surface area contributed by atoms with Crippen LogP contribution >= 0.6 is 11.6 Å². The van der Waals surface area contributed by atoms with E-state index in [2.05, 4.69) is 15.6 Å². The molecular formula is C20H24ClN3O4. The van der Waals surface area contributed by atoms with E-state index in [0.29, 0.717) is 28.9 Å². The number of hydrogen-bond acceptors (Lipinski definition) is 4. The van der Waals surface area contributed by atoms with Crippen molar-refractivity contribution in [2.45, 2.75) is 33.2 Å². The molecule has 3 N–H and O–H groups in total. The summed E-state index contributed by atoms with van der Waals surface area (Å²) in [5, 5.41) is 14.5. The number of benzene rings is 1. The minimum Gasteiger partial charge on any atom is -0.490 e. The molecule has 0 aliphatic heterocycles. The number of nitrogens with zero attached hydrogens (tertiary/aromatic N) is 1. The predicted octanol–water partition coefficient (Wildman–Crippen LogP) is 4.42. The predicted molar refractivity (Wildman–Crippen MR) is 109 cm³/mol. The average molecular weight is 406 g/mol. The van der Waals surface area contributed by atoms with Gasteiger partial charge in [0.2, 0.25) is 5.91 Å². The van der Waals surface area contributed by atoms with E-state index in [0.717, 1.165) is 11.1 Å². The van der Waals surface area contributed by atoms with E-state index in [-0.39, 0.29) is 18.6 Å². The van der Waals surface area contributed by atoms with Crippen LogP contribution in [0.1, 0.15) is 27.2 Å². The van der Waals surface area contributed by atoms with Crippen LogP contribution in [0.4, 0.5) is 10.6 Å². The Balaban J connectivity index is 2.11. The van der Waals surface area contributed by atoms with Crippen LogP contribution in [0.5, 0.6) is 5.75 Å². The third kappa shape index (κ3) is 6.74. The molecule has 1 unspecified atom stereocenters. The number of carbonyl (C=O) groups is 2. The van der Waals surface area contributed by atoms with Gasteiger partial charge in [-0.25, -0.2) is 9.78 Å². The number of halogens is 1. The third-order valence-electron chi connectivity index (χ3n) is 3.85. The maximum atomic E-state index is 11.2. The number of ether oxygens (including phenoxy) is 1. The molecule has 1 heterocycles. The molecule has 0 spiro atoms. The number of hydrogen-bond donors (Lipinski definition) is 3. The summed E-state index contributed by atoms with van der Waals surface area (Å²) in [7, 11) is 0. The first-order valence-electron chi connectivity index (χ1n) is 8.90. The molecule has 1 aromatic heterocycles. The fourth-order valence-electron chi connectivity index (χ4n) is 2.76. The van der Waals surface area contributed by atoms with Crippen LogP contribution in [0.3, 0.4) is 0 Å². The van der Waals surface area contributed by atoms with Crippen molar-refractivity contribution in [3.63, 3.8) is 0 Å². The lowest BCUT2D eigenvalue weighted by atomic mass is 10.0. The first-order valence-corrected chi connectivity index (χ1v) is 9.28. The Labute approximate surface area is 169 Å². The molecule has 28 heavy (non-hydrogen) atoms. The number of carbonyl (C=O) groups excluding carboxylic acids is 1. The highest BCUT2D eigenvalue weighted by molar-refractivity contribution is 6.32. The summed E-state index contributed by atoms with van der Waals surface area (Å²) >= 11 is 6.35. The van der Waals surface area contributed by atoms with Crippen molar-refractivity contribution < 1.29 is 19.4 Å². The van der Waals surface area contributed by atoms with Crippen molar-refractivity contribution >= 4 is 29.4 Å². The molecule has 0 saturated carbocycles. The fraction of sp³-hybridized carbons (Fsp3) is 0.350. The second kappa shape index (κ2) is 9.94. The van der Waals surface area contributed by atoms with Gasteiger partial charge in [0, 0.05) is 13.1 Å². The Morgan fingerprint density at radius 1 is 1.21 bits per heavy atom. The smallest absolute Gasteiger partial charge is 0.404 e. The van der Waals surface area contributed by atoms with Gasteiger partial charge < -0.3 is 20.5 Å². The molecule has 0 aliphatic rings. The zero-order valence-corrected chi connectivity index (χ0v) is 16.8. The molecule has 8 heteroatoms. The lowest BCUT2D eigenvalue weighted by Gasteiger charge is -2.20. The van der Waals surface area contributed by atoms with Gasteiger partial charge in [0.25, 0.3) is 0 Å². The minimum atomic E-state index is -1.08. The normalized spacial score (nSPS) is 11.8. The zero-order chi connectivity index (χ0) is 20.7. The lowest BCUT2D eigenvalue weighted by molar-refractivity contribution is -0.114. The van der Waals surface area contributed by atoms with Crippen LogP contribution in [0.15, 0.2) is 36.5 Å². The second-order valence-corrected chi connectivity index (χ2v) is 7.25. The monoisotopic (exact) mass is 405 g/mol. The average Bonchev–Trinajstić information content (AvgIpc) is 2.59. The summed E-state index contributed by atoms with van der Waals surface area (Å²) in [4.78, 5) is 26.2. The van der Waals surface area contributed by atoms with Gasteiger partial charge in [-0.1, -0.05) is 31.5 Å². The third-order valence-corrected chi connectivity index (χ3v) is 4.15. The Morgan fingerprint density at radius 2 is 1.93 bits per heavy atom. The first kappa shape index (κ1) is 21.5. The first-order chi connectivity index (χ1) is 13.2. The highest BCUT2D eigenvalue weighted by Crippen LogP contribution is 2.31. The summed E-state index contributed by atoms with van der Waals surface area (Å²) in [6.07, 6.45) is 1.18. The van der Waals surface area contributed by atoms with Gasteiger partial charge in [0.15, 0.2) is 0 Å². The molecule has 1 aromatic carbocycles. The largest absolute Gasteiger partial charge is 0.490 e. The van der Waals surface area contributed by atoms with Gasteiger partial charge in [0.05, 0.1) is 11.1 Å². The van der Waals surface area contributed by atoms with Crippen LogP contribution in [-0.2, 0) is 4.79 Å². The van der Waals surface area contributed by atoms with Gasteiger partial charge in [-0.3, -0.25) is 4.79 Å². The Morgan fingerprint density at radius 3 is 2.54 bits per heavy atom. The molecule has 150 valence electrons. The minimum absolute atomic E-state index is 0.186. The fourth-order valence-corrected chi connectivity index (χ4v) is 2.99. The van der Waals surface area contributed by atoms with Crippen LogP contribution in [-0.4, -0.2) is 34.7 Å². The molecule has 1 atom stereocenters. The van der Waals surface area contributed by atoms with Crippen LogP contribution in [0, 0.1) is 5.92 Å². The van der Waals surface area contributed by atoms with Crippen molar-refractivity contribution in [1.29, 1.82) is 0 Å². The van der Waals surface area contributed by atoms with E-state index in [9.17, 15) is 9.59 Å². The molecule has 2 rings (SSSR count). The molecule has 7 nitrogen and oxygen atoms in total. The maximum absolute atomic E-state index is 11.2. The summed E-state index contributed by atoms with van der Waals surface area (Å²) in [6.45, 7) is 5.64. The topological polar surface area (TPSA) is 101 Å². The van der Waals surface area contributed by atoms with Crippen LogP contribution in [0.25, 0.3) is 11.1 Å². The van der Waals surface area contributed by atoms with Gasteiger partial charge in [-0.05, 0) is 47.7 Å². The summed E-state index contributed by atoms with van der Waals surface area (Å²) in [5.74, 6) is 1.06. The zero-order valence-electron chi connectivity index (χ0n) is 16.0. The van der Waals surface area contributed by atoms with Gasteiger partial charge >= 0.3 is 6.09 Å². The van der Waals surface area contributed by atoms with E-state index in [1.807, 2.05) is 26.0 Å². The van der Waals surface area contributed by atoms with Crippen molar-refractivity contribution in [2.75, 3.05) is 11.9 Å². The Bertz CT molecular complexity index is 842. The van der Waals surface area contributed by atoms with Crippen molar-refractivity contribution in [2.24, 2.45) is 5.92 Å². The standard InChI is InChI=1S/C20H24ClN3O4/c1-12(2)8-16(24-20(26)27)11-28-18-5-4-14(9-17(18)21)15-6-7-22-19(10-15)23-13(3)25/h4-7,9-10,12,16,24H,8,11H2,1-3H3,(H,26,27)(H,22,23,25). The number of amides is 2. The van der Waals surface area contributed by atoms with E-state index in [4.69, 9.17) is 21.4 Å². The quantitative estimate of drug-likeness (QED) is 0.603. The highest BCUT2D eigenvalue weighted by Gasteiger charge is 2.15. The summed E-state index contributed by atoms with van der Waals surface area (Å²) < 4.78 is 5.74. The van der Waals surface area contributed by atoms with Gasteiger partial charge in [-0.2, -0.15) is 0 Å². The van der Waals surface area contributed by atoms with Crippen molar-refractivity contribution in [3.05, 3.63) is 41.6 Å². The highest BCUT2D eigenvalue weighted by atomic mass is 35.5. The molecule has 0 bridgehead atoms. The Hall–Kier alpha value is -2.80. The molecule has 0 radical (unpaired) electrons. The number of carboxylic acid groups (broad SMARTS) is 1. The van der Waals surface area contributed by atoms with E-state index in [1.165, 1.54) is 6.92 Å². The molecule has 0 fully saturated rings. The lowest BCUT2D eigenvalue weighted by Crippen LogP contribution is -2.39. The van der Waals surface area contributed by atoms with Crippen molar-refractivity contribution in [1.82, 2.24) is 10.3 Å². The summed E-state index contributed by atoms with van der Waals surface area (Å²) in [5.41, 5.74) is 1.69. The maximum Gasteiger partial charge on any atom is 0.404 e. The number of aromatic nitrogens is 1. The molecular weight excluding hydrogens is 382 g/mol. The number of rotatable bonds is 8. The van der Waals surface area contributed by atoms with Crippen LogP contribution in [0.2, 0.25) is 5.02 Å². The second-order valence-electron chi connectivity index (χ2n) is 6.84. The number of pyridine rings is 1. The van der Waals surface area contributed by atoms with Gasteiger partial charge in [0.1, 0.15) is 18.2 Å². The molecule has 2 aromatic rings. The molecule has 2 amide bonds. The van der Waals surface area contributed by atoms with E-state index in [1.54, 1.807) is 24.4 Å². The molecule has 0 aliphatic carbocycles.